The summed E-state index contributed by atoms with van der Waals surface area (Å²) in [6.07, 6.45) is 2.22. The molecule has 0 saturated carbocycles. The van der Waals surface area contributed by atoms with E-state index in [4.69, 9.17) is 26.7 Å². The molecule has 192 valence electrons. The van der Waals surface area contributed by atoms with Gasteiger partial charge in [-0.2, -0.15) is 0 Å². The van der Waals surface area contributed by atoms with Crippen LogP contribution in [0, 0.1) is 12.3 Å². The zero-order chi connectivity index (χ0) is 26.8. The highest BCUT2D eigenvalue weighted by molar-refractivity contribution is 6.31. The molecule has 0 atom stereocenters. The third kappa shape index (κ3) is 4.78. The number of benzene rings is 2. The van der Waals surface area contributed by atoms with Gasteiger partial charge in [0.2, 0.25) is 0 Å². The van der Waals surface area contributed by atoms with Gasteiger partial charge in [-0.3, -0.25) is 19.4 Å². The Balaban J connectivity index is 1.61. The number of carbonyl (C=O) groups excluding carboxylic acids is 1. The van der Waals surface area contributed by atoms with Gasteiger partial charge < -0.3 is 14.6 Å². The van der Waals surface area contributed by atoms with Crippen molar-refractivity contribution in [1.82, 2.24) is 19.3 Å². The molecule has 2 aromatic carbocycles. The quantitative estimate of drug-likeness (QED) is 0.309. The van der Waals surface area contributed by atoms with Gasteiger partial charge in [0.25, 0.3) is 11.5 Å². The van der Waals surface area contributed by atoms with Crippen molar-refractivity contribution < 1.29 is 9.53 Å². The van der Waals surface area contributed by atoms with E-state index < -0.39 is 5.91 Å². The van der Waals surface area contributed by atoms with Crippen LogP contribution in [0.1, 0.15) is 27.0 Å². The molecule has 0 aliphatic carbocycles. The van der Waals surface area contributed by atoms with Gasteiger partial charge in [-0.25, -0.2) is 4.98 Å². The number of methoxy groups -OCH3 is 1. The third-order valence-electron chi connectivity index (χ3n) is 6.56. The Kier molecular flexibility index (Phi) is 6.98. The summed E-state index contributed by atoms with van der Waals surface area (Å²) in [7, 11) is 1.61. The van der Waals surface area contributed by atoms with Crippen molar-refractivity contribution in [3.63, 3.8) is 0 Å². The molecular formula is C29H26ClN5O3. The lowest BCUT2D eigenvalue weighted by atomic mass is 10.1. The second-order valence-electron chi connectivity index (χ2n) is 8.97. The number of aromatic nitrogens is 3. The average molecular weight is 528 g/mol. The molecule has 0 aliphatic rings. The SMILES string of the molecule is COc1ccc(CCn2c(=N)c(C(=O)NCc3ccccc3Cl)cc3c(=O)n4cccc(C)c4nc32)cc1. The average Bonchev–Trinajstić information content (AvgIpc) is 2.93. The molecule has 1 amide bonds. The molecule has 8 nitrogen and oxygen atoms in total. The van der Waals surface area contributed by atoms with E-state index in [0.717, 1.165) is 22.4 Å². The number of halogens is 1. The first-order valence-corrected chi connectivity index (χ1v) is 12.5. The molecule has 3 heterocycles. The molecule has 0 bridgehead atoms. The third-order valence-corrected chi connectivity index (χ3v) is 6.93. The first-order chi connectivity index (χ1) is 18.4. The van der Waals surface area contributed by atoms with Crippen molar-refractivity contribution in [3.8, 4) is 5.75 Å². The molecule has 0 saturated heterocycles. The summed E-state index contributed by atoms with van der Waals surface area (Å²) in [5.74, 6) is 0.283. The number of fused-ring (bicyclic) bond motifs is 2. The van der Waals surface area contributed by atoms with Gasteiger partial charge >= 0.3 is 0 Å². The highest BCUT2D eigenvalue weighted by atomic mass is 35.5. The van der Waals surface area contributed by atoms with Crippen molar-refractivity contribution in [2.75, 3.05) is 7.11 Å². The zero-order valence-corrected chi connectivity index (χ0v) is 21.7. The minimum atomic E-state index is -0.469. The maximum absolute atomic E-state index is 13.5. The minimum Gasteiger partial charge on any atom is -0.497 e. The van der Waals surface area contributed by atoms with Crippen LogP contribution in [-0.4, -0.2) is 27.0 Å². The first kappa shape index (κ1) is 25.2. The standard InChI is InChI=1S/C29H26ClN5O3/c1-18-6-5-14-35-26(18)33-27-23(29(35)37)16-22(28(36)32-17-20-7-3-4-8-24(20)30)25(31)34(27)15-13-19-9-11-21(38-2)12-10-19/h3-12,14,16,31H,13,15,17H2,1-2H3,(H,32,36). The molecular weight excluding hydrogens is 502 g/mol. The molecule has 0 fully saturated rings. The molecule has 0 spiro atoms. The second-order valence-corrected chi connectivity index (χ2v) is 9.38. The van der Waals surface area contributed by atoms with E-state index in [1.807, 2.05) is 55.5 Å². The Labute approximate surface area is 223 Å². The number of pyridine rings is 2. The maximum Gasteiger partial charge on any atom is 0.267 e. The number of amides is 1. The predicted octanol–water partition coefficient (Wildman–Crippen LogP) is 4.27. The zero-order valence-electron chi connectivity index (χ0n) is 21.0. The van der Waals surface area contributed by atoms with Gasteiger partial charge in [0.1, 0.15) is 22.5 Å². The topological polar surface area (TPSA) is 101 Å². The summed E-state index contributed by atoms with van der Waals surface area (Å²) in [5, 5.41) is 12.6. The monoisotopic (exact) mass is 527 g/mol. The number of rotatable bonds is 7. The van der Waals surface area contributed by atoms with Crippen LogP contribution >= 0.6 is 11.6 Å². The fourth-order valence-electron chi connectivity index (χ4n) is 4.43. The molecule has 0 unspecified atom stereocenters. The number of aryl methyl sites for hydroxylation is 3. The van der Waals surface area contributed by atoms with Crippen molar-refractivity contribution in [3.05, 3.63) is 116 Å². The molecule has 5 aromatic rings. The van der Waals surface area contributed by atoms with Gasteiger partial charge in [-0.1, -0.05) is 48.0 Å². The van der Waals surface area contributed by atoms with E-state index in [-0.39, 0.29) is 28.5 Å². The summed E-state index contributed by atoms with van der Waals surface area (Å²) in [5.41, 5.74) is 3.26. The molecule has 0 aliphatic heterocycles. The van der Waals surface area contributed by atoms with E-state index in [0.29, 0.717) is 29.3 Å². The highest BCUT2D eigenvalue weighted by Gasteiger charge is 2.18. The lowest BCUT2D eigenvalue weighted by molar-refractivity contribution is 0.0948. The lowest BCUT2D eigenvalue weighted by Gasteiger charge is -2.15. The van der Waals surface area contributed by atoms with Crippen molar-refractivity contribution in [2.24, 2.45) is 0 Å². The molecule has 9 heteroatoms. The Hall–Kier alpha value is -4.43. The first-order valence-electron chi connectivity index (χ1n) is 12.1. The number of hydrogen-bond donors (Lipinski definition) is 2. The van der Waals surface area contributed by atoms with Crippen LogP contribution in [0.15, 0.2) is 77.7 Å². The largest absolute Gasteiger partial charge is 0.497 e. The fraction of sp³-hybridized carbons (Fsp3) is 0.172. The number of hydrogen-bond acceptors (Lipinski definition) is 5. The van der Waals surface area contributed by atoms with Crippen LogP contribution < -0.4 is 21.1 Å². The van der Waals surface area contributed by atoms with Gasteiger partial charge in [-0.05, 0) is 60.4 Å². The van der Waals surface area contributed by atoms with Crippen LogP contribution in [-0.2, 0) is 19.5 Å². The van der Waals surface area contributed by atoms with Gasteiger partial charge in [-0.15, -0.1) is 0 Å². The minimum absolute atomic E-state index is 0.0208. The predicted molar refractivity (Wildman–Crippen MR) is 147 cm³/mol. The van der Waals surface area contributed by atoms with Gasteiger partial charge in [0, 0.05) is 24.3 Å². The Morgan fingerprint density at radius 3 is 2.58 bits per heavy atom. The maximum atomic E-state index is 13.5. The number of nitrogens with one attached hydrogen (secondary N) is 2. The molecule has 2 N–H and O–H groups in total. The normalized spacial score (nSPS) is 11.1. The van der Waals surface area contributed by atoms with E-state index in [2.05, 4.69) is 5.32 Å². The lowest BCUT2D eigenvalue weighted by Crippen LogP contribution is -2.35. The second kappa shape index (κ2) is 10.5. The summed E-state index contributed by atoms with van der Waals surface area (Å²) >= 11 is 6.24. The Bertz CT molecular complexity index is 1790. The summed E-state index contributed by atoms with van der Waals surface area (Å²) in [6, 6.07) is 20.0. The summed E-state index contributed by atoms with van der Waals surface area (Å²) < 4.78 is 8.35. The van der Waals surface area contributed by atoms with Crippen LogP contribution in [0.3, 0.4) is 0 Å². The van der Waals surface area contributed by atoms with E-state index in [1.165, 1.54) is 10.5 Å². The molecule has 3 aromatic heterocycles. The fourth-order valence-corrected chi connectivity index (χ4v) is 4.64. The van der Waals surface area contributed by atoms with E-state index in [9.17, 15) is 9.59 Å². The number of ether oxygens (including phenoxy) is 1. The number of nitrogens with zero attached hydrogens (tertiary/aromatic N) is 3. The number of carbonyl (C=O) groups is 1. The van der Waals surface area contributed by atoms with Gasteiger partial charge in [0.15, 0.2) is 0 Å². The van der Waals surface area contributed by atoms with Gasteiger partial charge in [0.05, 0.1) is 18.1 Å². The molecule has 5 rings (SSSR count). The highest BCUT2D eigenvalue weighted by Crippen LogP contribution is 2.17. The van der Waals surface area contributed by atoms with Crippen molar-refractivity contribution >= 4 is 34.2 Å². The molecule has 0 radical (unpaired) electrons. The van der Waals surface area contributed by atoms with Crippen LogP contribution in [0.25, 0.3) is 16.7 Å². The summed E-state index contributed by atoms with van der Waals surface area (Å²) in [4.78, 5) is 31.6. The van der Waals surface area contributed by atoms with E-state index >= 15 is 0 Å². The summed E-state index contributed by atoms with van der Waals surface area (Å²) in [6.45, 7) is 2.42. The van der Waals surface area contributed by atoms with Crippen LogP contribution in [0.2, 0.25) is 5.02 Å². The Morgan fingerprint density at radius 2 is 1.84 bits per heavy atom. The molecule has 38 heavy (non-hydrogen) atoms. The van der Waals surface area contributed by atoms with Crippen molar-refractivity contribution in [1.29, 1.82) is 5.41 Å². The van der Waals surface area contributed by atoms with Crippen LogP contribution in [0.5, 0.6) is 5.75 Å². The smallest absolute Gasteiger partial charge is 0.267 e. The van der Waals surface area contributed by atoms with Crippen LogP contribution in [0.4, 0.5) is 0 Å². The Morgan fingerprint density at radius 1 is 1.08 bits per heavy atom. The van der Waals surface area contributed by atoms with Crippen molar-refractivity contribution in [2.45, 2.75) is 26.4 Å². The van der Waals surface area contributed by atoms with E-state index in [1.54, 1.807) is 30.0 Å².